The van der Waals surface area contributed by atoms with Gasteiger partial charge in [0.2, 0.25) is 0 Å². The lowest BCUT2D eigenvalue weighted by molar-refractivity contribution is -0.158. The van der Waals surface area contributed by atoms with Gasteiger partial charge in [-0.1, -0.05) is 0 Å². The number of amides is 2. The smallest absolute Gasteiger partial charge is 0.329 e. The van der Waals surface area contributed by atoms with Gasteiger partial charge in [-0.3, -0.25) is 9.59 Å². The highest BCUT2D eigenvalue weighted by Crippen LogP contribution is 2.13. The zero-order valence-electron chi connectivity index (χ0n) is 16.6. The van der Waals surface area contributed by atoms with Gasteiger partial charge in [0.15, 0.2) is 0 Å². The van der Waals surface area contributed by atoms with Gasteiger partial charge in [-0.2, -0.15) is 0 Å². The molecule has 9 heteroatoms. The maximum Gasteiger partial charge on any atom is 0.329 e. The van der Waals surface area contributed by atoms with E-state index in [1.807, 2.05) is 0 Å². The monoisotopic (exact) mass is 374 g/mol. The number of ether oxygens (including phenoxy) is 3. The molecule has 0 heterocycles. The molecule has 26 heavy (non-hydrogen) atoms. The first-order valence-corrected chi connectivity index (χ1v) is 8.29. The van der Waals surface area contributed by atoms with E-state index in [-0.39, 0.29) is 19.4 Å². The zero-order chi connectivity index (χ0) is 20.5. The molecule has 0 aliphatic rings. The van der Waals surface area contributed by atoms with E-state index in [0.717, 1.165) is 0 Å². The Morgan fingerprint density at radius 1 is 0.885 bits per heavy atom. The second-order valence-corrected chi connectivity index (χ2v) is 7.61. The molecule has 0 aromatic heterocycles. The van der Waals surface area contributed by atoms with Crippen molar-refractivity contribution in [2.24, 2.45) is 0 Å². The summed E-state index contributed by atoms with van der Waals surface area (Å²) in [5, 5.41) is 4.66. The maximum absolute atomic E-state index is 12.3. The van der Waals surface area contributed by atoms with Gasteiger partial charge in [-0.25, -0.2) is 9.59 Å². The lowest BCUT2D eigenvalue weighted by atomic mass is 10.1. The highest BCUT2D eigenvalue weighted by molar-refractivity contribution is 5.86. The molecular formula is C17H30N2O7. The van der Waals surface area contributed by atoms with E-state index in [1.165, 1.54) is 7.11 Å². The molecule has 0 aliphatic heterocycles. The molecule has 0 saturated heterocycles. The molecule has 1 atom stereocenters. The number of carbonyl (C=O) groups excluding carboxylic acids is 4. The van der Waals surface area contributed by atoms with Crippen molar-refractivity contribution >= 4 is 23.9 Å². The lowest BCUT2D eigenvalue weighted by Gasteiger charge is -2.25. The summed E-state index contributed by atoms with van der Waals surface area (Å²) in [7, 11) is 1.19. The third kappa shape index (κ3) is 12.1. The molecule has 0 saturated carbocycles. The molecule has 0 bridgehead atoms. The van der Waals surface area contributed by atoms with Gasteiger partial charge in [0.25, 0.3) is 0 Å². The van der Waals surface area contributed by atoms with Crippen molar-refractivity contribution < 1.29 is 33.4 Å². The van der Waals surface area contributed by atoms with E-state index in [9.17, 15) is 19.2 Å². The molecule has 0 radical (unpaired) electrons. The Balaban J connectivity index is 4.84. The van der Waals surface area contributed by atoms with Crippen LogP contribution in [0.4, 0.5) is 4.79 Å². The van der Waals surface area contributed by atoms with Crippen LogP contribution in [0.3, 0.4) is 0 Å². The number of rotatable bonds is 7. The van der Waals surface area contributed by atoms with Crippen LogP contribution in [-0.4, -0.2) is 54.8 Å². The van der Waals surface area contributed by atoms with E-state index in [4.69, 9.17) is 9.47 Å². The lowest BCUT2D eigenvalue weighted by Crippen LogP contribution is -2.49. The van der Waals surface area contributed by atoms with Crippen molar-refractivity contribution in [1.29, 1.82) is 0 Å². The molecule has 0 aromatic rings. The SMILES string of the molecule is COC(=O)CNC(=O)N[C@@H](CCC(=O)OC(C)(C)C)C(=O)OC(C)(C)C. The Labute approximate surface area is 154 Å². The van der Waals surface area contributed by atoms with Crippen molar-refractivity contribution in [3.8, 4) is 0 Å². The van der Waals surface area contributed by atoms with Gasteiger partial charge in [0.1, 0.15) is 23.8 Å². The molecule has 2 N–H and O–H groups in total. The van der Waals surface area contributed by atoms with E-state index in [1.54, 1.807) is 41.5 Å². The minimum atomic E-state index is -1.07. The summed E-state index contributed by atoms with van der Waals surface area (Å²) in [5.41, 5.74) is -1.41. The van der Waals surface area contributed by atoms with Crippen LogP contribution in [0.15, 0.2) is 0 Å². The Kier molecular flexibility index (Phi) is 9.09. The largest absolute Gasteiger partial charge is 0.468 e. The van der Waals surface area contributed by atoms with Gasteiger partial charge < -0.3 is 24.8 Å². The summed E-state index contributed by atoms with van der Waals surface area (Å²) < 4.78 is 14.9. The highest BCUT2D eigenvalue weighted by Gasteiger charge is 2.28. The minimum Gasteiger partial charge on any atom is -0.468 e. The average Bonchev–Trinajstić information content (AvgIpc) is 2.45. The molecule has 150 valence electrons. The predicted molar refractivity (Wildman–Crippen MR) is 93.3 cm³/mol. The van der Waals surface area contributed by atoms with Gasteiger partial charge in [0, 0.05) is 6.42 Å². The number of hydrogen-bond donors (Lipinski definition) is 2. The average molecular weight is 374 g/mol. The third-order valence-corrected chi connectivity index (χ3v) is 2.67. The first-order valence-electron chi connectivity index (χ1n) is 8.29. The standard InChI is InChI=1S/C17H30N2O7/c1-16(2,3)25-12(20)9-8-11(14(22)26-17(4,5)6)19-15(23)18-10-13(21)24-7/h11H,8-10H2,1-7H3,(H2,18,19,23)/t11-/m0/s1. The number of carbonyl (C=O) groups is 4. The Morgan fingerprint density at radius 3 is 1.88 bits per heavy atom. The minimum absolute atomic E-state index is 0.00449. The Hall–Kier alpha value is -2.32. The third-order valence-electron chi connectivity index (χ3n) is 2.67. The second-order valence-electron chi connectivity index (χ2n) is 7.61. The molecule has 0 rings (SSSR count). The van der Waals surface area contributed by atoms with Gasteiger partial charge in [0.05, 0.1) is 7.11 Å². The van der Waals surface area contributed by atoms with Crippen LogP contribution < -0.4 is 10.6 Å². The fraction of sp³-hybridized carbons (Fsp3) is 0.765. The number of urea groups is 1. The summed E-state index contributed by atoms with van der Waals surface area (Å²) in [4.78, 5) is 47.0. The van der Waals surface area contributed by atoms with Crippen molar-refractivity contribution in [2.45, 2.75) is 71.6 Å². The summed E-state index contributed by atoms with van der Waals surface area (Å²) >= 11 is 0. The highest BCUT2D eigenvalue weighted by atomic mass is 16.6. The fourth-order valence-electron chi connectivity index (χ4n) is 1.71. The fourth-order valence-corrected chi connectivity index (χ4v) is 1.71. The second kappa shape index (κ2) is 9.98. The molecule has 0 aromatic carbocycles. The van der Waals surface area contributed by atoms with Crippen LogP contribution >= 0.6 is 0 Å². The van der Waals surface area contributed by atoms with Crippen LogP contribution in [-0.2, 0) is 28.6 Å². The van der Waals surface area contributed by atoms with Gasteiger partial charge >= 0.3 is 23.9 Å². The van der Waals surface area contributed by atoms with Crippen LogP contribution in [0.2, 0.25) is 0 Å². The van der Waals surface area contributed by atoms with E-state index in [2.05, 4.69) is 15.4 Å². The van der Waals surface area contributed by atoms with Crippen molar-refractivity contribution in [2.75, 3.05) is 13.7 Å². The Bertz CT molecular complexity index is 518. The summed E-state index contributed by atoms with van der Waals surface area (Å²) in [6.45, 7) is 9.90. The molecule has 0 aliphatic carbocycles. The number of hydrogen-bond acceptors (Lipinski definition) is 7. The quantitative estimate of drug-likeness (QED) is 0.509. The van der Waals surface area contributed by atoms with Gasteiger partial charge in [-0.15, -0.1) is 0 Å². The van der Waals surface area contributed by atoms with E-state index in [0.29, 0.717) is 0 Å². The Morgan fingerprint density at radius 2 is 1.42 bits per heavy atom. The predicted octanol–water partition coefficient (Wildman–Crippen LogP) is 1.29. The number of nitrogens with one attached hydrogen (secondary N) is 2. The molecule has 2 amide bonds. The first kappa shape index (κ1) is 23.7. The van der Waals surface area contributed by atoms with E-state index >= 15 is 0 Å². The van der Waals surface area contributed by atoms with E-state index < -0.39 is 41.2 Å². The molecule has 0 unspecified atom stereocenters. The normalized spacial score (nSPS) is 12.6. The van der Waals surface area contributed by atoms with Crippen molar-refractivity contribution in [3.63, 3.8) is 0 Å². The summed E-state index contributed by atoms with van der Waals surface area (Å²) in [6.07, 6.45) is -0.0894. The van der Waals surface area contributed by atoms with Crippen LogP contribution in [0.25, 0.3) is 0 Å². The number of esters is 3. The summed E-state index contributed by atoms with van der Waals surface area (Å²) in [5.74, 6) is -1.82. The zero-order valence-corrected chi connectivity index (χ0v) is 16.6. The molecular weight excluding hydrogens is 344 g/mol. The first-order chi connectivity index (χ1) is 11.7. The number of methoxy groups -OCH3 is 1. The van der Waals surface area contributed by atoms with Crippen molar-refractivity contribution in [1.82, 2.24) is 10.6 Å². The molecule has 0 fully saturated rings. The molecule has 0 spiro atoms. The molecule has 9 nitrogen and oxygen atoms in total. The van der Waals surface area contributed by atoms with Crippen LogP contribution in [0.1, 0.15) is 54.4 Å². The summed E-state index contributed by atoms with van der Waals surface area (Å²) in [6, 6.07) is -1.82. The van der Waals surface area contributed by atoms with Crippen LogP contribution in [0.5, 0.6) is 0 Å². The maximum atomic E-state index is 12.3. The van der Waals surface area contributed by atoms with Crippen LogP contribution in [0, 0.1) is 0 Å². The van der Waals surface area contributed by atoms with Crippen molar-refractivity contribution in [3.05, 3.63) is 0 Å². The van der Waals surface area contributed by atoms with Gasteiger partial charge in [-0.05, 0) is 48.0 Å². The topological polar surface area (TPSA) is 120 Å².